The molecule has 0 bridgehead atoms. The molecule has 0 radical (unpaired) electrons. The predicted octanol–water partition coefficient (Wildman–Crippen LogP) is 4.24. The smallest absolute Gasteiger partial charge is 0.261 e. The molecule has 0 fully saturated rings. The minimum absolute atomic E-state index is 0.158. The first-order valence-corrected chi connectivity index (χ1v) is 10.5. The van der Waals surface area contributed by atoms with Crippen LogP contribution in [0.3, 0.4) is 0 Å². The number of ether oxygens (including phenoxy) is 1. The van der Waals surface area contributed by atoms with Crippen molar-refractivity contribution >= 4 is 11.8 Å². The average Bonchev–Trinajstić information content (AvgIpc) is 2.74. The van der Waals surface area contributed by atoms with Crippen LogP contribution >= 0.6 is 0 Å². The summed E-state index contributed by atoms with van der Waals surface area (Å²) in [6.07, 6.45) is 2.36. The summed E-state index contributed by atoms with van der Waals surface area (Å²) in [6, 6.07) is 12.7. The number of aryl methyl sites for hydroxylation is 1. The van der Waals surface area contributed by atoms with Gasteiger partial charge in [-0.1, -0.05) is 44.5 Å². The fourth-order valence-corrected chi connectivity index (χ4v) is 3.16. The summed E-state index contributed by atoms with van der Waals surface area (Å²) in [5.74, 6) is -0.416. The van der Waals surface area contributed by atoms with Gasteiger partial charge in [0.25, 0.3) is 5.91 Å². The van der Waals surface area contributed by atoms with Crippen LogP contribution in [-0.2, 0) is 16.1 Å². The summed E-state index contributed by atoms with van der Waals surface area (Å²) >= 11 is 0. The van der Waals surface area contributed by atoms with Crippen LogP contribution in [0.4, 0.5) is 4.39 Å². The molecule has 0 saturated carbocycles. The highest BCUT2D eigenvalue weighted by Crippen LogP contribution is 2.17. The molecular weight excluding hydrogens is 383 g/mol. The Kier molecular flexibility index (Phi) is 9.32. The minimum Gasteiger partial charge on any atom is -0.484 e. The van der Waals surface area contributed by atoms with E-state index >= 15 is 0 Å². The van der Waals surface area contributed by atoms with Crippen LogP contribution in [0, 0.1) is 12.7 Å². The highest BCUT2D eigenvalue weighted by molar-refractivity contribution is 5.88. The van der Waals surface area contributed by atoms with Gasteiger partial charge in [-0.3, -0.25) is 9.59 Å². The Bertz CT molecular complexity index is 823. The maximum atomic E-state index is 13.1. The number of carbonyl (C=O) groups excluding carboxylic acids is 2. The zero-order chi connectivity index (χ0) is 21.9. The van der Waals surface area contributed by atoms with Gasteiger partial charge in [-0.05, 0) is 55.2 Å². The summed E-state index contributed by atoms with van der Waals surface area (Å²) in [6.45, 7) is 6.61. The number of halogens is 1. The molecule has 0 saturated heterocycles. The third-order valence-corrected chi connectivity index (χ3v) is 4.99. The number of carbonyl (C=O) groups is 2. The molecule has 0 heterocycles. The normalized spacial score (nSPS) is 11.6. The number of unbranched alkanes of at least 4 members (excludes halogenated alkanes) is 1. The summed E-state index contributed by atoms with van der Waals surface area (Å²) in [5, 5.41) is 2.94. The SMILES string of the molecule is CCCCNC(=O)[C@@H](CC)N(Cc1ccccc1C)C(=O)COc1ccc(F)cc1. The van der Waals surface area contributed by atoms with Gasteiger partial charge in [-0.2, -0.15) is 0 Å². The van der Waals surface area contributed by atoms with Crippen molar-refractivity contribution in [3.8, 4) is 5.75 Å². The van der Waals surface area contributed by atoms with E-state index in [1.54, 1.807) is 4.90 Å². The molecule has 6 heteroatoms. The molecule has 0 aliphatic carbocycles. The van der Waals surface area contributed by atoms with Gasteiger partial charge in [-0.25, -0.2) is 4.39 Å². The van der Waals surface area contributed by atoms with Gasteiger partial charge in [0.05, 0.1) is 0 Å². The number of nitrogens with one attached hydrogen (secondary N) is 1. The Morgan fingerprint density at radius 3 is 2.43 bits per heavy atom. The van der Waals surface area contributed by atoms with E-state index in [-0.39, 0.29) is 24.2 Å². The first-order valence-electron chi connectivity index (χ1n) is 10.5. The summed E-state index contributed by atoms with van der Waals surface area (Å²) < 4.78 is 18.6. The number of amides is 2. The van der Waals surface area contributed by atoms with E-state index in [1.807, 2.05) is 38.1 Å². The van der Waals surface area contributed by atoms with Crippen LogP contribution in [0.25, 0.3) is 0 Å². The minimum atomic E-state index is -0.592. The van der Waals surface area contributed by atoms with Crippen LogP contribution < -0.4 is 10.1 Å². The lowest BCUT2D eigenvalue weighted by molar-refractivity contribution is -0.143. The van der Waals surface area contributed by atoms with Crippen LogP contribution in [0.2, 0.25) is 0 Å². The van der Waals surface area contributed by atoms with E-state index < -0.39 is 6.04 Å². The van der Waals surface area contributed by atoms with E-state index in [0.717, 1.165) is 24.0 Å². The Labute approximate surface area is 178 Å². The van der Waals surface area contributed by atoms with Gasteiger partial charge in [0.1, 0.15) is 17.6 Å². The fourth-order valence-electron chi connectivity index (χ4n) is 3.16. The molecule has 162 valence electrons. The second-order valence-corrected chi connectivity index (χ2v) is 7.26. The van der Waals surface area contributed by atoms with Crippen LogP contribution in [0.1, 0.15) is 44.2 Å². The van der Waals surface area contributed by atoms with Crippen molar-refractivity contribution in [2.24, 2.45) is 0 Å². The maximum absolute atomic E-state index is 13.1. The number of hydrogen-bond donors (Lipinski definition) is 1. The standard InChI is InChI=1S/C24H31FN2O3/c1-4-6-15-26-24(29)22(5-2)27(16-19-10-8-7-9-18(19)3)23(28)17-30-21-13-11-20(25)12-14-21/h7-14,22H,4-6,15-17H2,1-3H3,(H,26,29)/t22-/m1/s1. The van der Waals surface area contributed by atoms with Crippen LogP contribution in [0.5, 0.6) is 5.75 Å². The van der Waals surface area contributed by atoms with Gasteiger partial charge in [0.2, 0.25) is 5.91 Å². The Morgan fingerprint density at radius 1 is 1.10 bits per heavy atom. The molecule has 2 rings (SSSR count). The molecule has 1 N–H and O–H groups in total. The van der Waals surface area contributed by atoms with Gasteiger partial charge >= 0.3 is 0 Å². The van der Waals surface area contributed by atoms with Crippen molar-refractivity contribution in [1.29, 1.82) is 0 Å². The highest BCUT2D eigenvalue weighted by atomic mass is 19.1. The maximum Gasteiger partial charge on any atom is 0.261 e. The Morgan fingerprint density at radius 2 is 1.80 bits per heavy atom. The molecular formula is C24H31FN2O3. The first-order chi connectivity index (χ1) is 14.5. The third kappa shape index (κ3) is 6.87. The third-order valence-electron chi connectivity index (χ3n) is 4.99. The largest absolute Gasteiger partial charge is 0.484 e. The molecule has 0 spiro atoms. The molecule has 2 amide bonds. The summed E-state index contributed by atoms with van der Waals surface area (Å²) in [7, 11) is 0. The first kappa shape index (κ1) is 23.4. The summed E-state index contributed by atoms with van der Waals surface area (Å²) in [5.41, 5.74) is 2.03. The number of rotatable bonds is 11. The average molecular weight is 415 g/mol. The van der Waals surface area contributed by atoms with Crippen molar-refractivity contribution in [2.45, 2.75) is 52.6 Å². The van der Waals surface area contributed by atoms with Gasteiger partial charge in [-0.15, -0.1) is 0 Å². The fraction of sp³-hybridized carbons (Fsp3) is 0.417. The topological polar surface area (TPSA) is 58.6 Å². The van der Waals surface area contributed by atoms with Crippen molar-refractivity contribution in [2.75, 3.05) is 13.2 Å². The molecule has 0 aromatic heterocycles. The molecule has 5 nitrogen and oxygen atoms in total. The van der Waals surface area contributed by atoms with Gasteiger partial charge in [0, 0.05) is 13.1 Å². The van der Waals surface area contributed by atoms with E-state index in [9.17, 15) is 14.0 Å². The zero-order valence-corrected chi connectivity index (χ0v) is 18.0. The molecule has 0 aliphatic rings. The predicted molar refractivity (Wildman–Crippen MR) is 116 cm³/mol. The lowest BCUT2D eigenvalue weighted by Crippen LogP contribution is -2.50. The number of benzene rings is 2. The molecule has 2 aromatic carbocycles. The molecule has 0 unspecified atom stereocenters. The molecule has 30 heavy (non-hydrogen) atoms. The van der Waals surface area contributed by atoms with E-state index in [4.69, 9.17) is 4.74 Å². The Balaban J connectivity index is 2.17. The highest BCUT2D eigenvalue weighted by Gasteiger charge is 2.29. The van der Waals surface area contributed by atoms with Crippen molar-refractivity contribution in [1.82, 2.24) is 10.2 Å². The summed E-state index contributed by atoms with van der Waals surface area (Å²) in [4.78, 5) is 27.5. The van der Waals surface area contributed by atoms with Crippen LogP contribution in [-0.4, -0.2) is 35.9 Å². The quantitative estimate of drug-likeness (QED) is 0.560. The second-order valence-electron chi connectivity index (χ2n) is 7.26. The van der Waals surface area contributed by atoms with E-state index in [0.29, 0.717) is 25.3 Å². The lowest BCUT2D eigenvalue weighted by Gasteiger charge is -2.31. The van der Waals surface area contributed by atoms with Crippen LogP contribution in [0.15, 0.2) is 48.5 Å². The van der Waals surface area contributed by atoms with Crippen molar-refractivity contribution < 1.29 is 18.7 Å². The second kappa shape index (κ2) is 12.0. The van der Waals surface area contributed by atoms with Crippen molar-refractivity contribution in [3.63, 3.8) is 0 Å². The Hall–Kier alpha value is -2.89. The van der Waals surface area contributed by atoms with Gasteiger partial charge < -0.3 is 15.0 Å². The monoisotopic (exact) mass is 414 g/mol. The molecule has 1 atom stereocenters. The van der Waals surface area contributed by atoms with Gasteiger partial charge in [0.15, 0.2) is 6.61 Å². The lowest BCUT2D eigenvalue weighted by atomic mass is 10.1. The molecule has 2 aromatic rings. The molecule has 0 aliphatic heterocycles. The number of hydrogen-bond acceptors (Lipinski definition) is 3. The van der Waals surface area contributed by atoms with Crippen molar-refractivity contribution in [3.05, 3.63) is 65.5 Å². The van der Waals surface area contributed by atoms with E-state index in [1.165, 1.54) is 24.3 Å². The number of nitrogens with zero attached hydrogens (tertiary/aromatic N) is 1. The zero-order valence-electron chi connectivity index (χ0n) is 18.0. The van der Waals surface area contributed by atoms with E-state index in [2.05, 4.69) is 12.2 Å².